The molecule has 0 bridgehead atoms. The van der Waals surface area contributed by atoms with Gasteiger partial charge in [0, 0.05) is 36.9 Å². The third-order valence-electron chi connectivity index (χ3n) is 8.13. The van der Waals surface area contributed by atoms with Crippen LogP contribution in [0.4, 0.5) is 34.1 Å². The molecule has 4 N–H and O–H groups in total. The second-order valence-electron chi connectivity index (χ2n) is 11.7. The Balaban J connectivity index is 1.50. The molecule has 240 valence electrons. The van der Waals surface area contributed by atoms with Crippen LogP contribution in [0.1, 0.15) is 61.9 Å². The molecule has 44 heavy (non-hydrogen) atoms. The number of fused-ring (bicyclic) bond motifs is 1. The first kappa shape index (κ1) is 32.9. The summed E-state index contributed by atoms with van der Waals surface area (Å²) in [6.07, 6.45) is 0.0756. The van der Waals surface area contributed by atoms with E-state index in [1.807, 2.05) is 6.92 Å². The Morgan fingerprint density at radius 3 is 2.36 bits per heavy atom. The van der Waals surface area contributed by atoms with E-state index in [-0.39, 0.29) is 60.6 Å². The number of ether oxygens (including phenoxy) is 1. The fourth-order valence-electron chi connectivity index (χ4n) is 5.43. The van der Waals surface area contributed by atoms with Gasteiger partial charge in [0.05, 0.1) is 30.3 Å². The maximum absolute atomic E-state index is 13.7. The second kappa shape index (κ2) is 14.2. The molecular formula is C31H40F3N5O5. The maximum Gasteiger partial charge on any atom is 0.416 e. The Morgan fingerprint density at radius 1 is 1.07 bits per heavy atom. The van der Waals surface area contributed by atoms with Crippen molar-refractivity contribution in [3.8, 4) is 5.75 Å². The van der Waals surface area contributed by atoms with E-state index < -0.39 is 29.9 Å². The molecule has 1 fully saturated rings. The van der Waals surface area contributed by atoms with E-state index in [0.717, 1.165) is 44.2 Å². The number of rotatable bonds is 7. The molecule has 0 aromatic heterocycles. The van der Waals surface area contributed by atoms with E-state index in [1.54, 1.807) is 30.0 Å². The summed E-state index contributed by atoms with van der Waals surface area (Å²) in [5, 5.41) is 18.3. The number of carbonyl (C=O) groups is 3. The average molecular weight is 620 g/mol. The zero-order valence-corrected chi connectivity index (χ0v) is 25.1. The first-order chi connectivity index (χ1) is 20.8. The lowest BCUT2D eigenvalue weighted by Crippen LogP contribution is -2.50. The van der Waals surface area contributed by atoms with Crippen molar-refractivity contribution in [2.24, 2.45) is 5.92 Å². The number of alkyl halides is 3. The van der Waals surface area contributed by atoms with Crippen molar-refractivity contribution in [2.45, 2.75) is 70.3 Å². The molecule has 0 spiro atoms. The zero-order valence-electron chi connectivity index (χ0n) is 25.1. The topological polar surface area (TPSA) is 123 Å². The largest absolute Gasteiger partial charge is 0.487 e. The lowest BCUT2D eigenvalue weighted by Gasteiger charge is -2.38. The molecule has 2 aromatic carbocycles. The predicted octanol–water partition coefficient (Wildman–Crippen LogP) is 5.54. The van der Waals surface area contributed by atoms with Gasteiger partial charge >= 0.3 is 18.2 Å². The molecule has 0 unspecified atom stereocenters. The quantitative estimate of drug-likeness (QED) is 0.324. The molecule has 1 heterocycles. The molecule has 4 rings (SSSR count). The van der Waals surface area contributed by atoms with E-state index in [9.17, 15) is 32.7 Å². The second-order valence-corrected chi connectivity index (χ2v) is 11.7. The Bertz CT molecular complexity index is 1320. The lowest BCUT2D eigenvalue weighted by atomic mass is 9.96. The van der Waals surface area contributed by atoms with E-state index in [0.29, 0.717) is 5.69 Å². The minimum absolute atomic E-state index is 0.0897. The van der Waals surface area contributed by atoms with Crippen molar-refractivity contribution in [3.63, 3.8) is 0 Å². The molecule has 1 saturated carbocycles. The molecule has 2 aromatic rings. The molecule has 1 aliphatic heterocycles. The van der Waals surface area contributed by atoms with Gasteiger partial charge in [0.15, 0.2) is 0 Å². The Morgan fingerprint density at radius 2 is 1.73 bits per heavy atom. The summed E-state index contributed by atoms with van der Waals surface area (Å²) in [6, 6.07) is 7.61. The summed E-state index contributed by atoms with van der Waals surface area (Å²) in [6.45, 7) is 3.64. The number of amides is 5. The van der Waals surface area contributed by atoms with Crippen LogP contribution in [0.5, 0.6) is 5.75 Å². The van der Waals surface area contributed by atoms with Gasteiger partial charge in [0.1, 0.15) is 11.9 Å². The SMILES string of the molecule is C[C@H]1CN([C@@H](C)CO)C(=O)c2cc(NC(=O)NC3CCCCC3)ccc2O[C@@H]1CN(C)C(=O)Nc1ccc(C(F)(F)F)cc1. The fourth-order valence-corrected chi connectivity index (χ4v) is 5.43. The number of benzene rings is 2. The molecule has 0 radical (unpaired) electrons. The minimum Gasteiger partial charge on any atom is -0.487 e. The number of carbonyl (C=O) groups excluding carboxylic acids is 3. The summed E-state index contributed by atoms with van der Waals surface area (Å²) in [5.74, 6) is -0.380. The first-order valence-electron chi connectivity index (χ1n) is 14.8. The Kier molecular flexibility index (Phi) is 10.6. The zero-order chi connectivity index (χ0) is 32.0. The van der Waals surface area contributed by atoms with Crippen LogP contribution in [0.25, 0.3) is 0 Å². The minimum atomic E-state index is -4.48. The maximum atomic E-state index is 13.7. The molecular weight excluding hydrogens is 579 g/mol. The van der Waals surface area contributed by atoms with Crippen LogP contribution >= 0.6 is 0 Å². The third kappa shape index (κ3) is 8.34. The van der Waals surface area contributed by atoms with Crippen LogP contribution in [0.2, 0.25) is 0 Å². The van der Waals surface area contributed by atoms with E-state index in [4.69, 9.17) is 4.74 Å². The summed E-state index contributed by atoms with van der Waals surface area (Å²) in [7, 11) is 1.53. The van der Waals surface area contributed by atoms with Gasteiger partial charge in [-0.15, -0.1) is 0 Å². The Labute approximate surface area is 254 Å². The van der Waals surface area contributed by atoms with Gasteiger partial charge < -0.3 is 35.6 Å². The highest BCUT2D eigenvalue weighted by atomic mass is 19.4. The van der Waals surface area contributed by atoms with Crippen LogP contribution in [0, 0.1) is 5.92 Å². The van der Waals surface area contributed by atoms with Crippen LogP contribution in [0.15, 0.2) is 42.5 Å². The number of hydrogen-bond donors (Lipinski definition) is 4. The smallest absolute Gasteiger partial charge is 0.416 e. The van der Waals surface area contributed by atoms with Crippen LogP contribution < -0.4 is 20.7 Å². The predicted molar refractivity (Wildman–Crippen MR) is 160 cm³/mol. The number of nitrogens with zero attached hydrogens (tertiary/aromatic N) is 2. The molecule has 2 aliphatic rings. The van der Waals surface area contributed by atoms with Crippen molar-refractivity contribution >= 4 is 29.3 Å². The van der Waals surface area contributed by atoms with E-state index >= 15 is 0 Å². The summed E-state index contributed by atoms with van der Waals surface area (Å²) in [4.78, 5) is 42.2. The number of hydrogen-bond acceptors (Lipinski definition) is 5. The number of urea groups is 2. The number of aliphatic hydroxyl groups excluding tert-OH is 1. The van der Waals surface area contributed by atoms with Gasteiger partial charge in [-0.3, -0.25) is 4.79 Å². The Hall–Kier alpha value is -4.00. The molecule has 13 heteroatoms. The first-order valence-corrected chi connectivity index (χ1v) is 14.8. The number of nitrogens with one attached hydrogen (secondary N) is 3. The standard InChI is InChI=1S/C31H40F3N5O5/c1-19-16-39(20(2)18-40)28(41)25-15-24(36-29(42)35-22-7-5-4-6-8-22)13-14-26(25)44-27(19)17-38(3)30(43)37-23-11-9-21(10-12-23)31(32,33)34/h9-15,19-20,22,27,40H,4-8,16-18H2,1-3H3,(H,37,43)(H2,35,36,42)/t19-,20-,27+/m0/s1. The van der Waals surface area contributed by atoms with Gasteiger partial charge in [-0.25, -0.2) is 9.59 Å². The van der Waals surface area contributed by atoms with Gasteiger partial charge in [-0.2, -0.15) is 13.2 Å². The van der Waals surface area contributed by atoms with Crippen LogP contribution in [-0.4, -0.2) is 77.8 Å². The van der Waals surface area contributed by atoms with Gasteiger partial charge in [0.25, 0.3) is 5.91 Å². The lowest BCUT2D eigenvalue weighted by molar-refractivity contribution is -0.137. The third-order valence-corrected chi connectivity index (χ3v) is 8.13. The van der Waals surface area contributed by atoms with Crippen LogP contribution in [-0.2, 0) is 6.18 Å². The normalized spacial score (nSPS) is 20.0. The number of likely N-dealkylation sites (N-methyl/N-ethyl adjacent to an activating group) is 1. The molecule has 1 aliphatic carbocycles. The number of anilines is 2. The van der Waals surface area contributed by atoms with Crippen molar-refractivity contribution < 1.29 is 37.4 Å². The summed E-state index contributed by atoms with van der Waals surface area (Å²) in [5.41, 5.74) is -0.00930. The number of aliphatic hydroxyl groups is 1. The molecule has 0 saturated heterocycles. The van der Waals surface area contributed by atoms with Gasteiger partial charge in [0.2, 0.25) is 0 Å². The molecule has 3 atom stereocenters. The summed E-state index contributed by atoms with van der Waals surface area (Å²) < 4.78 is 45.0. The van der Waals surface area contributed by atoms with E-state index in [2.05, 4.69) is 16.0 Å². The van der Waals surface area contributed by atoms with Gasteiger partial charge in [-0.05, 0) is 62.2 Å². The highest BCUT2D eigenvalue weighted by Crippen LogP contribution is 2.32. The van der Waals surface area contributed by atoms with Crippen molar-refractivity contribution in [2.75, 3.05) is 37.4 Å². The monoisotopic (exact) mass is 619 g/mol. The van der Waals surface area contributed by atoms with Crippen molar-refractivity contribution in [3.05, 3.63) is 53.6 Å². The van der Waals surface area contributed by atoms with E-state index in [1.165, 1.54) is 24.1 Å². The molecule has 5 amide bonds. The highest BCUT2D eigenvalue weighted by Gasteiger charge is 2.34. The summed E-state index contributed by atoms with van der Waals surface area (Å²) >= 11 is 0. The highest BCUT2D eigenvalue weighted by molar-refractivity contribution is 5.99. The van der Waals surface area contributed by atoms with Crippen LogP contribution in [0.3, 0.4) is 0 Å². The molecule has 10 nitrogen and oxygen atoms in total. The average Bonchev–Trinajstić information content (AvgIpc) is 2.99. The number of halogens is 3. The van der Waals surface area contributed by atoms with Crippen molar-refractivity contribution in [1.82, 2.24) is 15.1 Å². The fraction of sp³-hybridized carbons (Fsp3) is 0.516. The van der Waals surface area contributed by atoms with Gasteiger partial charge in [-0.1, -0.05) is 26.2 Å². The van der Waals surface area contributed by atoms with Crippen molar-refractivity contribution in [1.29, 1.82) is 0 Å².